The first kappa shape index (κ1) is 16.2. The molecule has 0 spiro atoms. The zero-order valence-corrected chi connectivity index (χ0v) is 14.0. The first-order valence-electron chi connectivity index (χ1n) is 7.65. The van der Waals surface area contributed by atoms with Gasteiger partial charge in [-0.05, 0) is 37.1 Å². The molecule has 2 aliphatic rings. The number of piperazine rings is 1. The van der Waals surface area contributed by atoms with Gasteiger partial charge in [-0.2, -0.15) is 4.31 Å². The van der Waals surface area contributed by atoms with Crippen molar-refractivity contribution in [2.75, 3.05) is 39.3 Å². The van der Waals surface area contributed by atoms with Crippen molar-refractivity contribution in [3.05, 3.63) is 29.3 Å². The predicted molar refractivity (Wildman–Crippen MR) is 85.6 cm³/mol. The Kier molecular flexibility index (Phi) is 5.04. The Labute approximate surface area is 136 Å². The average Bonchev–Trinajstić information content (AvgIpc) is 3.01. The molecule has 5 nitrogen and oxygen atoms in total. The van der Waals surface area contributed by atoms with Gasteiger partial charge in [0.15, 0.2) is 0 Å². The van der Waals surface area contributed by atoms with Gasteiger partial charge in [0.2, 0.25) is 10.0 Å². The van der Waals surface area contributed by atoms with Gasteiger partial charge in [0.05, 0.1) is 11.0 Å². The molecule has 3 rings (SSSR count). The van der Waals surface area contributed by atoms with E-state index >= 15 is 0 Å². The van der Waals surface area contributed by atoms with Crippen molar-refractivity contribution >= 4 is 21.6 Å². The van der Waals surface area contributed by atoms with E-state index in [1.54, 1.807) is 28.6 Å². The van der Waals surface area contributed by atoms with Crippen LogP contribution in [0.3, 0.4) is 0 Å². The summed E-state index contributed by atoms with van der Waals surface area (Å²) in [5.41, 5.74) is 0. The molecule has 1 aromatic rings. The van der Waals surface area contributed by atoms with Crippen LogP contribution in [0.4, 0.5) is 0 Å². The minimum Gasteiger partial charge on any atom is -0.377 e. The molecule has 2 heterocycles. The molecule has 7 heteroatoms. The number of halogens is 1. The topological polar surface area (TPSA) is 49.9 Å². The highest BCUT2D eigenvalue weighted by Gasteiger charge is 2.29. The molecular weight excluding hydrogens is 324 g/mol. The maximum Gasteiger partial charge on any atom is 0.243 e. The third kappa shape index (κ3) is 3.63. The van der Waals surface area contributed by atoms with Gasteiger partial charge in [0.25, 0.3) is 0 Å². The lowest BCUT2D eigenvalue weighted by Gasteiger charge is -2.35. The summed E-state index contributed by atoms with van der Waals surface area (Å²) >= 11 is 5.82. The van der Waals surface area contributed by atoms with Gasteiger partial charge in [0.1, 0.15) is 0 Å². The molecule has 1 aromatic carbocycles. The van der Waals surface area contributed by atoms with E-state index in [2.05, 4.69) is 4.90 Å². The van der Waals surface area contributed by atoms with Crippen LogP contribution in [0.1, 0.15) is 12.8 Å². The number of ether oxygens (including phenoxy) is 1. The number of hydrogen-bond donors (Lipinski definition) is 0. The van der Waals surface area contributed by atoms with Crippen LogP contribution in [0.2, 0.25) is 5.02 Å². The fraction of sp³-hybridized carbons (Fsp3) is 0.600. The van der Waals surface area contributed by atoms with Crippen LogP contribution in [-0.2, 0) is 14.8 Å². The number of hydrogen-bond acceptors (Lipinski definition) is 4. The molecule has 22 heavy (non-hydrogen) atoms. The van der Waals surface area contributed by atoms with Crippen molar-refractivity contribution in [2.24, 2.45) is 0 Å². The average molecular weight is 345 g/mol. The molecule has 2 aliphatic heterocycles. The van der Waals surface area contributed by atoms with Crippen LogP contribution in [0.25, 0.3) is 0 Å². The van der Waals surface area contributed by atoms with Gasteiger partial charge in [-0.15, -0.1) is 0 Å². The first-order chi connectivity index (χ1) is 10.6. The van der Waals surface area contributed by atoms with Gasteiger partial charge in [-0.25, -0.2) is 8.42 Å². The van der Waals surface area contributed by atoms with Crippen LogP contribution in [0, 0.1) is 0 Å². The van der Waals surface area contributed by atoms with Crippen molar-refractivity contribution in [1.29, 1.82) is 0 Å². The molecule has 0 amide bonds. The first-order valence-corrected chi connectivity index (χ1v) is 9.47. The van der Waals surface area contributed by atoms with E-state index in [1.807, 2.05) is 0 Å². The number of benzene rings is 1. The second-order valence-corrected chi connectivity index (χ2v) is 8.17. The lowest BCUT2D eigenvalue weighted by atomic mass is 10.2. The molecule has 122 valence electrons. The van der Waals surface area contributed by atoms with Crippen molar-refractivity contribution in [1.82, 2.24) is 9.21 Å². The van der Waals surface area contributed by atoms with Crippen LogP contribution >= 0.6 is 11.6 Å². The van der Waals surface area contributed by atoms with Gasteiger partial charge in [-0.3, -0.25) is 4.90 Å². The van der Waals surface area contributed by atoms with Gasteiger partial charge in [0, 0.05) is 44.4 Å². The highest BCUT2D eigenvalue weighted by molar-refractivity contribution is 7.89. The van der Waals surface area contributed by atoms with Crippen molar-refractivity contribution in [3.63, 3.8) is 0 Å². The molecule has 2 saturated heterocycles. The molecule has 0 radical (unpaired) electrons. The Hall–Kier alpha value is -0.660. The smallest absolute Gasteiger partial charge is 0.243 e. The Morgan fingerprint density at radius 2 is 1.82 bits per heavy atom. The van der Waals surface area contributed by atoms with E-state index in [0.29, 0.717) is 29.1 Å². The van der Waals surface area contributed by atoms with E-state index in [1.165, 1.54) is 0 Å². The molecule has 0 unspecified atom stereocenters. The fourth-order valence-corrected chi connectivity index (χ4v) is 4.53. The maximum absolute atomic E-state index is 12.6. The second kappa shape index (κ2) is 6.84. The van der Waals surface area contributed by atoms with Crippen molar-refractivity contribution in [3.8, 4) is 0 Å². The number of sulfonamides is 1. The number of nitrogens with zero attached hydrogens (tertiary/aromatic N) is 2. The van der Waals surface area contributed by atoms with Crippen LogP contribution < -0.4 is 0 Å². The predicted octanol–water partition coefficient (Wildman–Crippen LogP) is 1.83. The van der Waals surface area contributed by atoms with Crippen LogP contribution in [-0.4, -0.2) is 63.1 Å². The lowest BCUT2D eigenvalue weighted by molar-refractivity contribution is 0.0617. The summed E-state index contributed by atoms with van der Waals surface area (Å²) < 4.78 is 32.4. The van der Waals surface area contributed by atoms with Crippen LogP contribution in [0.5, 0.6) is 0 Å². The van der Waals surface area contributed by atoms with E-state index in [-0.39, 0.29) is 0 Å². The van der Waals surface area contributed by atoms with Gasteiger partial charge >= 0.3 is 0 Å². The molecule has 0 N–H and O–H groups in total. The normalized spacial score (nSPS) is 24.7. The van der Waals surface area contributed by atoms with Crippen molar-refractivity contribution < 1.29 is 13.2 Å². The van der Waals surface area contributed by atoms with E-state index < -0.39 is 10.0 Å². The maximum atomic E-state index is 12.6. The SMILES string of the molecule is O=S(=O)(c1ccc(Cl)cc1)N1CCN(C[C@@H]2CCCO2)CC1. The molecular formula is C15H21ClN2O3S. The summed E-state index contributed by atoms with van der Waals surface area (Å²) in [4.78, 5) is 2.61. The molecule has 0 aromatic heterocycles. The number of rotatable bonds is 4. The summed E-state index contributed by atoms with van der Waals surface area (Å²) in [5.74, 6) is 0. The van der Waals surface area contributed by atoms with Crippen LogP contribution in [0.15, 0.2) is 29.2 Å². The minimum absolute atomic E-state index is 0.310. The Bertz CT molecular complexity index is 592. The molecule has 0 aliphatic carbocycles. The minimum atomic E-state index is -3.41. The van der Waals surface area contributed by atoms with E-state index in [9.17, 15) is 8.42 Å². The fourth-order valence-electron chi connectivity index (χ4n) is 2.98. The largest absolute Gasteiger partial charge is 0.377 e. The summed E-state index contributed by atoms with van der Waals surface area (Å²) in [6.45, 7) is 4.33. The second-order valence-electron chi connectivity index (χ2n) is 5.79. The van der Waals surface area contributed by atoms with Gasteiger partial charge in [-0.1, -0.05) is 11.6 Å². The molecule has 1 atom stereocenters. The third-order valence-electron chi connectivity index (χ3n) is 4.27. The summed E-state index contributed by atoms with van der Waals surface area (Å²) in [6, 6.07) is 6.36. The zero-order chi connectivity index (χ0) is 15.6. The molecule has 0 bridgehead atoms. The monoisotopic (exact) mass is 344 g/mol. The molecule has 2 fully saturated rings. The van der Waals surface area contributed by atoms with E-state index in [0.717, 1.165) is 39.1 Å². The Morgan fingerprint density at radius 1 is 1.14 bits per heavy atom. The van der Waals surface area contributed by atoms with Gasteiger partial charge < -0.3 is 4.74 Å². The molecule has 0 saturated carbocycles. The Balaban J connectivity index is 1.59. The summed E-state index contributed by atoms with van der Waals surface area (Å²) in [5, 5.41) is 0.542. The summed E-state index contributed by atoms with van der Waals surface area (Å²) in [6.07, 6.45) is 2.57. The highest BCUT2D eigenvalue weighted by atomic mass is 35.5. The third-order valence-corrected chi connectivity index (χ3v) is 6.43. The zero-order valence-electron chi connectivity index (χ0n) is 12.4. The summed E-state index contributed by atoms with van der Waals surface area (Å²) in [7, 11) is -3.41. The standard InChI is InChI=1S/C15H21ClN2O3S/c16-13-3-5-15(6-4-13)22(19,20)18-9-7-17(8-10-18)12-14-2-1-11-21-14/h3-6,14H,1-2,7-12H2/t14-/m0/s1. The van der Waals surface area contributed by atoms with E-state index in [4.69, 9.17) is 16.3 Å². The quantitative estimate of drug-likeness (QED) is 0.836. The van der Waals surface area contributed by atoms with Crippen molar-refractivity contribution in [2.45, 2.75) is 23.8 Å². The lowest BCUT2D eigenvalue weighted by Crippen LogP contribution is -2.50. The highest BCUT2D eigenvalue weighted by Crippen LogP contribution is 2.20. The Morgan fingerprint density at radius 3 is 2.41 bits per heavy atom.